The van der Waals surface area contributed by atoms with Crippen LogP contribution in [0.5, 0.6) is 0 Å². The second-order valence-corrected chi connectivity index (χ2v) is 7.08. The Morgan fingerprint density at radius 1 is 0.920 bits per heavy atom. The van der Waals surface area contributed by atoms with Gasteiger partial charge >= 0.3 is 0 Å². The summed E-state index contributed by atoms with van der Waals surface area (Å²) in [5.74, 6) is -0.190. The molecule has 5 heteroatoms. The molecule has 3 nitrogen and oxygen atoms in total. The highest BCUT2D eigenvalue weighted by atomic mass is 79.9. The molecule has 0 saturated heterocycles. The Labute approximate surface area is 158 Å². The van der Waals surface area contributed by atoms with E-state index in [4.69, 9.17) is 0 Å². The molecule has 3 aromatic carbocycles. The SMILES string of the molecule is N#Cc1ccccc1Sc1ccccc1C(=O)Nc1ccccc1Br. The van der Waals surface area contributed by atoms with Gasteiger partial charge in [-0.1, -0.05) is 48.2 Å². The Balaban J connectivity index is 1.90. The van der Waals surface area contributed by atoms with Gasteiger partial charge in [-0.2, -0.15) is 5.26 Å². The maximum Gasteiger partial charge on any atom is 0.256 e. The van der Waals surface area contributed by atoms with E-state index >= 15 is 0 Å². The number of amides is 1. The average molecular weight is 409 g/mol. The number of nitrogens with one attached hydrogen (secondary N) is 1. The number of rotatable bonds is 4. The first-order valence-electron chi connectivity index (χ1n) is 7.51. The largest absolute Gasteiger partial charge is 0.321 e. The van der Waals surface area contributed by atoms with Crippen molar-refractivity contribution in [2.75, 3.05) is 5.32 Å². The van der Waals surface area contributed by atoms with Crippen LogP contribution < -0.4 is 5.32 Å². The highest BCUT2D eigenvalue weighted by Crippen LogP contribution is 2.33. The molecule has 0 heterocycles. The summed E-state index contributed by atoms with van der Waals surface area (Å²) < 4.78 is 0.823. The molecular weight excluding hydrogens is 396 g/mol. The number of halogens is 1. The number of carbonyl (C=O) groups is 1. The predicted molar refractivity (Wildman–Crippen MR) is 104 cm³/mol. The molecule has 0 unspecified atom stereocenters. The first-order chi connectivity index (χ1) is 12.2. The summed E-state index contributed by atoms with van der Waals surface area (Å²) in [5, 5.41) is 12.2. The molecule has 0 atom stereocenters. The summed E-state index contributed by atoms with van der Waals surface area (Å²) in [6.07, 6.45) is 0. The molecule has 0 bridgehead atoms. The molecule has 1 N–H and O–H groups in total. The van der Waals surface area contributed by atoms with E-state index in [-0.39, 0.29) is 5.91 Å². The minimum atomic E-state index is -0.190. The first kappa shape index (κ1) is 17.3. The highest BCUT2D eigenvalue weighted by Gasteiger charge is 2.14. The molecule has 0 aliphatic carbocycles. The zero-order valence-corrected chi connectivity index (χ0v) is 15.5. The van der Waals surface area contributed by atoms with E-state index in [1.165, 1.54) is 11.8 Å². The summed E-state index contributed by atoms with van der Waals surface area (Å²) in [4.78, 5) is 14.3. The second kappa shape index (κ2) is 8.02. The molecule has 122 valence electrons. The molecule has 25 heavy (non-hydrogen) atoms. The van der Waals surface area contributed by atoms with Crippen LogP contribution in [0.3, 0.4) is 0 Å². The summed E-state index contributed by atoms with van der Waals surface area (Å²) >= 11 is 4.85. The number of carbonyl (C=O) groups excluding carboxylic acids is 1. The van der Waals surface area contributed by atoms with Crippen LogP contribution in [0.4, 0.5) is 5.69 Å². The Morgan fingerprint density at radius 3 is 2.32 bits per heavy atom. The van der Waals surface area contributed by atoms with Crippen LogP contribution in [-0.2, 0) is 0 Å². The lowest BCUT2D eigenvalue weighted by Crippen LogP contribution is -2.13. The van der Waals surface area contributed by atoms with Gasteiger partial charge in [-0.05, 0) is 52.3 Å². The third-order valence-electron chi connectivity index (χ3n) is 3.48. The maximum atomic E-state index is 12.7. The normalized spacial score (nSPS) is 10.1. The van der Waals surface area contributed by atoms with Crippen molar-refractivity contribution in [3.63, 3.8) is 0 Å². The average Bonchev–Trinajstić information content (AvgIpc) is 2.64. The molecule has 0 spiro atoms. The lowest BCUT2D eigenvalue weighted by Gasteiger charge is -2.11. The molecule has 0 radical (unpaired) electrons. The first-order valence-corrected chi connectivity index (χ1v) is 9.12. The van der Waals surface area contributed by atoms with Gasteiger partial charge in [0, 0.05) is 14.3 Å². The molecule has 3 aromatic rings. The number of nitriles is 1. The van der Waals surface area contributed by atoms with Crippen LogP contribution in [-0.4, -0.2) is 5.91 Å². The Bertz CT molecular complexity index is 966. The lowest BCUT2D eigenvalue weighted by atomic mass is 10.2. The van der Waals surface area contributed by atoms with Crippen LogP contribution >= 0.6 is 27.7 Å². The molecule has 3 rings (SSSR count). The molecule has 0 saturated carbocycles. The van der Waals surface area contributed by atoms with Crippen LogP contribution in [0.2, 0.25) is 0 Å². The van der Waals surface area contributed by atoms with Crippen molar-refractivity contribution in [2.45, 2.75) is 9.79 Å². The number of hydrogen-bond donors (Lipinski definition) is 1. The lowest BCUT2D eigenvalue weighted by molar-refractivity contribution is 0.102. The Morgan fingerprint density at radius 2 is 1.56 bits per heavy atom. The number of nitrogens with zero attached hydrogens (tertiary/aromatic N) is 1. The van der Waals surface area contributed by atoms with Crippen molar-refractivity contribution in [2.24, 2.45) is 0 Å². The number of para-hydroxylation sites is 1. The fourth-order valence-corrected chi connectivity index (χ4v) is 3.67. The number of anilines is 1. The Kier molecular flexibility index (Phi) is 5.54. The Hall–Kier alpha value is -2.55. The smallest absolute Gasteiger partial charge is 0.256 e. The molecule has 1 amide bonds. The summed E-state index contributed by atoms with van der Waals surface area (Å²) in [6.45, 7) is 0. The van der Waals surface area contributed by atoms with Crippen molar-refractivity contribution in [3.8, 4) is 6.07 Å². The van der Waals surface area contributed by atoms with E-state index in [1.54, 1.807) is 12.1 Å². The molecule has 0 aliphatic rings. The fraction of sp³-hybridized carbons (Fsp3) is 0. The maximum absolute atomic E-state index is 12.7. The minimum Gasteiger partial charge on any atom is -0.321 e. The van der Waals surface area contributed by atoms with Crippen molar-refractivity contribution in [1.82, 2.24) is 0 Å². The molecule has 0 aliphatic heterocycles. The summed E-state index contributed by atoms with van der Waals surface area (Å²) in [6, 6.07) is 24.4. The quantitative estimate of drug-likeness (QED) is 0.599. The highest BCUT2D eigenvalue weighted by molar-refractivity contribution is 9.10. The van der Waals surface area contributed by atoms with Gasteiger partial charge in [-0.3, -0.25) is 4.79 Å². The van der Waals surface area contributed by atoms with Crippen LogP contribution in [0.15, 0.2) is 87.1 Å². The summed E-state index contributed by atoms with van der Waals surface area (Å²) in [5.41, 5.74) is 1.87. The van der Waals surface area contributed by atoms with E-state index in [2.05, 4.69) is 27.3 Å². The standard InChI is InChI=1S/C20H13BrN2OS/c21-16-9-3-4-10-17(16)23-20(24)15-8-2-6-12-19(15)25-18-11-5-1-7-14(18)13-22/h1-12H,(H,23,24). The van der Waals surface area contributed by atoms with Gasteiger partial charge in [-0.15, -0.1) is 0 Å². The van der Waals surface area contributed by atoms with Gasteiger partial charge in [-0.25, -0.2) is 0 Å². The molecule has 0 aromatic heterocycles. The van der Waals surface area contributed by atoms with Crippen molar-refractivity contribution < 1.29 is 4.79 Å². The third-order valence-corrected chi connectivity index (χ3v) is 5.32. The number of benzene rings is 3. The van der Waals surface area contributed by atoms with E-state index in [1.807, 2.05) is 60.7 Å². The van der Waals surface area contributed by atoms with Gasteiger partial charge in [0.05, 0.1) is 16.8 Å². The van der Waals surface area contributed by atoms with Gasteiger partial charge in [0.2, 0.25) is 0 Å². The zero-order chi connectivity index (χ0) is 17.6. The van der Waals surface area contributed by atoms with Crippen molar-refractivity contribution >= 4 is 39.3 Å². The number of hydrogen-bond acceptors (Lipinski definition) is 3. The topological polar surface area (TPSA) is 52.9 Å². The monoisotopic (exact) mass is 408 g/mol. The van der Waals surface area contributed by atoms with Crippen LogP contribution in [0, 0.1) is 11.3 Å². The molecular formula is C20H13BrN2OS. The van der Waals surface area contributed by atoms with E-state index in [9.17, 15) is 10.1 Å². The van der Waals surface area contributed by atoms with E-state index in [0.29, 0.717) is 16.8 Å². The fourth-order valence-electron chi connectivity index (χ4n) is 2.26. The van der Waals surface area contributed by atoms with Gasteiger partial charge < -0.3 is 5.32 Å². The zero-order valence-electron chi connectivity index (χ0n) is 13.1. The van der Waals surface area contributed by atoms with Crippen molar-refractivity contribution in [3.05, 3.63) is 88.4 Å². The van der Waals surface area contributed by atoms with Crippen molar-refractivity contribution in [1.29, 1.82) is 5.26 Å². The van der Waals surface area contributed by atoms with Gasteiger partial charge in [0.15, 0.2) is 0 Å². The van der Waals surface area contributed by atoms with Gasteiger partial charge in [0.25, 0.3) is 5.91 Å². The minimum absolute atomic E-state index is 0.190. The van der Waals surface area contributed by atoms with Crippen LogP contribution in [0.25, 0.3) is 0 Å². The second-order valence-electron chi connectivity index (χ2n) is 5.14. The molecule has 0 fully saturated rings. The van der Waals surface area contributed by atoms with Gasteiger partial charge in [0.1, 0.15) is 6.07 Å². The van der Waals surface area contributed by atoms with Crippen LogP contribution in [0.1, 0.15) is 15.9 Å². The predicted octanol–water partition coefficient (Wildman–Crippen LogP) is 5.72. The third kappa shape index (κ3) is 4.11. The summed E-state index contributed by atoms with van der Waals surface area (Å²) in [7, 11) is 0. The van der Waals surface area contributed by atoms with E-state index < -0.39 is 0 Å². The van der Waals surface area contributed by atoms with E-state index in [0.717, 1.165) is 14.3 Å².